The Balaban J connectivity index is 2.09. The predicted molar refractivity (Wildman–Crippen MR) is 70.7 cm³/mol. The third-order valence-corrected chi connectivity index (χ3v) is 2.77. The monoisotopic (exact) mass is 216 g/mol. The molecule has 1 heterocycles. The molecule has 0 amide bonds. The molecule has 0 saturated heterocycles. The van der Waals surface area contributed by atoms with E-state index in [1.54, 1.807) is 0 Å². The summed E-state index contributed by atoms with van der Waals surface area (Å²) in [6.45, 7) is 6.41. The van der Waals surface area contributed by atoms with Gasteiger partial charge in [0.25, 0.3) is 0 Å². The van der Waals surface area contributed by atoms with E-state index in [1.807, 2.05) is 0 Å². The molecule has 1 aromatic carbocycles. The number of rotatable bonds is 3. The molecule has 0 fully saturated rings. The highest BCUT2D eigenvalue weighted by molar-refractivity contribution is 5.68. The van der Waals surface area contributed by atoms with E-state index in [2.05, 4.69) is 54.8 Å². The van der Waals surface area contributed by atoms with Crippen LogP contribution in [0.3, 0.4) is 0 Å². The highest BCUT2D eigenvalue weighted by atomic mass is 14.9. The van der Waals surface area contributed by atoms with Crippen LogP contribution in [0.15, 0.2) is 30.3 Å². The molecule has 0 unspecified atom stereocenters. The normalized spacial score (nSPS) is 16.1. The minimum absolute atomic E-state index is 0.490. The second-order valence-corrected chi connectivity index (χ2v) is 4.56. The summed E-state index contributed by atoms with van der Waals surface area (Å²) in [6.07, 6.45) is 3.42. The zero-order valence-corrected chi connectivity index (χ0v) is 10.1. The van der Waals surface area contributed by atoms with Gasteiger partial charge in [-0.2, -0.15) is 0 Å². The van der Waals surface area contributed by atoms with E-state index < -0.39 is 0 Å². The van der Waals surface area contributed by atoms with Crippen LogP contribution in [-0.4, -0.2) is 19.1 Å². The Kier molecular flexibility index (Phi) is 3.62. The Labute approximate surface area is 97.8 Å². The smallest absolute Gasteiger partial charge is 0.0342 e. The van der Waals surface area contributed by atoms with Gasteiger partial charge in [0.2, 0.25) is 0 Å². The lowest BCUT2D eigenvalue weighted by molar-refractivity contribution is 0.738. The molecule has 0 aliphatic carbocycles. The van der Waals surface area contributed by atoms with E-state index in [9.17, 15) is 0 Å². The molecule has 1 aliphatic heterocycles. The lowest BCUT2D eigenvalue weighted by Crippen LogP contribution is -2.20. The van der Waals surface area contributed by atoms with Gasteiger partial charge >= 0.3 is 0 Å². The lowest BCUT2D eigenvalue weighted by Gasteiger charge is -2.15. The van der Waals surface area contributed by atoms with Crippen molar-refractivity contribution >= 4 is 11.3 Å². The third kappa shape index (κ3) is 2.86. The van der Waals surface area contributed by atoms with Crippen molar-refractivity contribution < 1.29 is 0 Å². The number of hydrogen-bond donors (Lipinski definition) is 2. The summed E-state index contributed by atoms with van der Waals surface area (Å²) in [5.41, 5.74) is 4.03. The van der Waals surface area contributed by atoms with E-state index in [1.165, 1.54) is 16.8 Å². The van der Waals surface area contributed by atoms with E-state index in [-0.39, 0.29) is 0 Å². The molecule has 0 atom stereocenters. The first kappa shape index (κ1) is 11.2. The van der Waals surface area contributed by atoms with Gasteiger partial charge in [0.1, 0.15) is 0 Å². The zero-order chi connectivity index (χ0) is 11.4. The Hall–Kier alpha value is -1.28. The second kappa shape index (κ2) is 5.17. The Morgan fingerprint density at radius 3 is 2.50 bits per heavy atom. The first-order valence-corrected chi connectivity index (χ1v) is 6.02. The maximum Gasteiger partial charge on any atom is 0.0342 e. The largest absolute Gasteiger partial charge is 0.383 e. The van der Waals surface area contributed by atoms with Crippen molar-refractivity contribution in [3.63, 3.8) is 0 Å². The van der Waals surface area contributed by atoms with Crippen molar-refractivity contribution in [3.8, 4) is 0 Å². The van der Waals surface area contributed by atoms with Crippen LogP contribution in [-0.2, 0) is 0 Å². The fourth-order valence-electron chi connectivity index (χ4n) is 2.00. The molecular weight excluding hydrogens is 196 g/mol. The summed E-state index contributed by atoms with van der Waals surface area (Å²) in [4.78, 5) is 0. The van der Waals surface area contributed by atoms with Gasteiger partial charge < -0.3 is 10.6 Å². The highest BCUT2D eigenvalue weighted by Gasteiger charge is 2.05. The Morgan fingerprint density at radius 2 is 1.94 bits per heavy atom. The number of hydrogen-bond acceptors (Lipinski definition) is 2. The van der Waals surface area contributed by atoms with Crippen molar-refractivity contribution in [1.29, 1.82) is 0 Å². The van der Waals surface area contributed by atoms with Gasteiger partial charge in [0.05, 0.1) is 0 Å². The van der Waals surface area contributed by atoms with Crippen LogP contribution in [0.5, 0.6) is 0 Å². The Bertz CT molecular complexity index is 363. The average Bonchev–Trinajstić information content (AvgIpc) is 2.30. The molecule has 0 radical (unpaired) electrons. The molecule has 2 heteroatoms. The molecule has 0 aromatic heterocycles. The summed E-state index contributed by atoms with van der Waals surface area (Å²) in [5.74, 6) is 0. The van der Waals surface area contributed by atoms with Crippen LogP contribution in [0.1, 0.15) is 25.8 Å². The van der Waals surface area contributed by atoms with Crippen molar-refractivity contribution in [2.45, 2.75) is 26.3 Å². The molecule has 1 aromatic rings. The van der Waals surface area contributed by atoms with Gasteiger partial charge in [-0.1, -0.05) is 18.2 Å². The maximum atomic E-state index is 3.40. The van der Waals surface area contributed by atoms with Crippen LogP contribution in [0.2, 0.25) is 0 Å². The number of anilines is 1. The molecule has 0 spiro atoms. The minimum atomic E-state index is 0.490. The van der Waals surface area contributed by atoms with Crippen LogP contribution in [0, 0.1) is 0 Å². The molecule has 0 bridgehead atoms. The van der Waals surface area contributed by atoms with E-state index in [0.29, 0.717) is 6.04 Å². The first-order valence-electron chi connectivity index (χ1n) is 6.02. The molecule has 16 heavy (non-hydrogen) atoms. The molecule has 2 rings (SSSR count). The van der Waals surface area contributed by atoms with Crippen LogP contribution < -0.4 is 10.6 Å². The Morgan fingerprint density at radius 1 is 1.19 bits per heavy atom. The topological polar surface area (TPSA) is 24.1 Å². The molecular formula is C14H20N2. The van der Waals surface area contributed by atoms with Gasteiger partial charge in [-0.3, -0.25) is 0 Å². The molecule has 2 N–H and O–H groups in total. The quantitative estimate of drug-likeness (QED) is 0.812. The van der Waals surface area contributed by atoms with Gasteiger partial charge in [-0.05, 0) is 50.1 Å². The van der Waals surface area contributed by atoms with Crippen LogP contribution in [0.4, 0.5) is 5.69 Å². The van der Waals surface area contributed by atoms with E-state index in [0.717, 1.165) is 19.5 Å². The summed E-state index contributed by atoms with van der Waals surface area (Å²) >= 11 is 0. The lowest BCUT2D eigenvalue weighted by atomic mass is 10.00. The first-order chi connectivity index (χ1) is 7.75. The van der Waals surface area contributed by atoms with Crippen LogP contribution in [0.25, 0.3) is 5.57 Å². The van der Waals surface area contributed by atoms with Gasteiger partial charge in [-0.25, -0.2) is 0 Å². The van der Waals surface area contributed by atoms with Crippen molar-refractivity contribution in [3.05, 3.63) is 35.9 Å². The summed E-state index contributed by atoms with van der Waals surface area (Å²) in [6, 6.07) is 9.24. The van der Waals surface area contributed by atoms with E-state index >= 15 is 0 Å². The van der Waals surface area contributed by atoms with Gasteiger partial charge in [-0.15, -0.1) is 0 Å². The SMILES string of the molecule is CC(C)Nc1ccc(C2=CCNCC2)cc1. The van der Waals surface area contributed by atoms with Crippen molar-refractivity contribution in [2.75, 3.05) is 18.4 Å². The number of benzene rings is 1. The summed E-state index contributed by atoms with van der Waals surface area (Å²) in [5, 5.41) is 6.74. The van der Waals surface area contributed by atoms with E-state index in [4.69, 9.17) is 0 Å². The molecule has 0 saturated carbocycles. The predicted octanol–water partition coefficient (Wildman–Crippen LogP) is 2.88. The third-order valence-electron chi connectivity index (χ3n) is 2.77. The maximum absolute atomic E-state index is 3.40. The molecule has 86 valence electrons. The summed E-state index contributed by atoms with van der Waals surface area (Å²) in [7, 11) is 0. The zero-order valence-electron chi connectivity index (χ0n) is 10.1. The second-order valence-electron chi connectivity index (χ2n) is 4.56. The standard InChI is InChI=1S/C14H20N2/c1-11(2)16-14-5-3-12(4-6-14)13-7-9-15-10-8-13/h3-7,11,15-16H,8-10H2,1-2H3. The summed E-state index contributed by atoms with van der Waals surface area (Å²) < 4.78 is 0. The fourth-order valence-corrected chi connectivity index (χ4v) is 2.00. The highest BCUT2D eigenvalue weighted by Crippen LogP contribution is 2.21. The van der Waals surface area contributed by atoms with Gasteiger partial charge in [0, 0.05) is 18.3 Å². The van der Waals surface area contributed by atoms with Crippen LogP contribution >= 0.6 is 0 Å². The fraction of sp³-hybridized carbons (Fsp3) is 0.429. The average molecular weight is 216 g/mol. The van der Waals surface area contributed by atoms with Gasteiger partial charge in [0.15, 0.2) is 0 Å². The minimum Gasteiger partial charge on any atom is -0.383 e. The molecule has 2 nitrogen and oxygen atoms in total. The molecule has 1 aliphatic rings. The van der Waals surface area contributed by atoms with Crippen molar-refractivity contribution in [1.82, 2.24) is 5.32 Å². The number of nitrogens with one attached hydrogen (secondary N) is 2. The van der Waals surface area contributed by atoms with Crippen molar-refractivity contribution in [2.24, 2.45) is 0 Å².